The molecule has 0 unspecified atom stereocenters. The SMILES string of the molecule is CCc1ccc2nc(N3CCN(C(=O)CCCOc4ccc(C(C)(C)C)cc4)CC3)sc2c1. The number of ether oxygens (including phenoxy) is 1. The van der Waals surface area contributed by atoms with Gasteiger partial charge in [-0.05, 0) is 53.6 Å². The summed E-state index contributed by atoms with van der Waals surface area (Å²) in [5.41, 5.74) is 3.85. The zero-order valence-electron chi connectivity index (χ0n) is 20.3. The van der Waals surface area contributed by atoms with Crippen LogP contribution in [-0.2, 0) is 16.6 Å². The van der Waals surface area contributed by atoms with Gasteiger partial charge >= 0.3 is 0 Å². The van der Waals surface area contributed by atoms with Crippen LogP contribution in [0.25, 0.3) is 10.2 Å². The standard InChI is InChI=1S/C27H35N3O2S/c1-5-20-8-13-23-24(19-20)33-26(28-23)30-16-14-29(15-17-30)25(31)7-6-18-32-22-11-9-21(10-12-22)27(2,3)4/h8-13,19H,5-7,14-18H2,1-4H3. The number of benzene rings is 2. The Labute approximate surface area is 201 Å². The third-order valence-electron chi connectivity index (χ3n) is 6.28. The highest BCUT2D eigenvalue weighted by Crippen LogP contribution is 2.30. The van der Waals surface area contributed by atoms with Gasteiger partial charge in [0, 0.05) is 32.6 Å². The van der Waals surface area contributed by atoms with Crippen molar-refractivity contribution in [1.82, 2.24) is 9.88 Å². The number of rotatable bonds is 7. The molecule has 1 aliphatic heterocycles. The first kappa shape index (κ1) is 23.6. The smallest absolute Gasteiger partial charge is 0.222 e. The molecule has 0 atom stereocenters. The third-order valence-corrected chi connectivity index (χ3v) is 7.36. The molecule has 0 saturated carbocycles. The number of nitrogens with zero attached hydrogens (tertiary/aromatic N) is 3. The van der Waals surface area contributed by atoms with Crippen LogP contribution >= 0.6 is 11.3 Å². The lowest BCUT2D eigenvalue weighted by Crippen LogP contribution is -2.48. The summed E-state index contributed by atoms with van der Waals surface area (Å²) in [7, 11) is 0. The van der Waals surface area contributed by atoms with Gasteiger partial charge in [-0.3, -0.25) is 4.79 Å². The number of amides is 1. The summed E-state index contributed by atoms with van der Waals surface area (Å²) >= 11 is 1.75. The van der Waals surface area contributed by atoms with E-state index < -0.39 is 0 Å². The molecule has 176 valence electrons. The van der Waals surface area contributed by atoms with Crippen molar-refractivity contribution in [2.45, 2.75) is 52.4 Å². The monoisotopic (exact) mass is 465 g/mol. The molecule has 2 aromatic carbocycles. The third kappa shape index (κ3) is 5.85. The lowest BCUT2D eigenvalue weighted by molar-refractivity contribution is -0.131. The van der Waals surface area contributed by atoms with Crippen molar-refractivity contribution >= 4 is 32.6 Å². The normalized spacial score (nSPS) is 14.7. The number of aryl methyl sites for hydroxylation is 1. The molecule has 0 spiro atoms. The maximum Gasteiger partial charge on any atom is 0.222 e. The maximum absolute atomic E-state index is 12.7. The number of aromatic nitrogens is 1. The predicted octanol–water partition coefficient (Wildman–Crippen LogP) is 5.66. The van der Waals surface area contributed by atoms with Gasteiger partial charge in [-0.1, -0.05) is 57.2 Å². The molecule has 0 bridgehead atoms. The van der Waals surface area contributed by atoms with Crippen LogP contribution in [0.3, 0.4) is 0 Å². The minimum Gasteiger partial charge on any atom is -0.494 e. The van der Waals surface area contributed by atoms with E-state index in [0.717, 1.165) is 55.4 Å². The van der Waals surface area contributed by atoms with Gasteiger partial charge in [0.25, 0.3) is 0 Å². The molecular formula is C27H35N3O2S. The molecule has 1 amide bonds. The van der Waals surface area contributed by atoms with Gasteiger partial charge in [0.2, 0.25) is 5.91 Å². The van der Waals surface area contributed by atoms with Gasteiger partial charge in [0.1, 0.15) is 5.75 Å². The number of hydrogen-bond donors (Lipinski definition) is 0. The number of thiazole rings is 1. The Morgan fingerprint density at radius 3 is 2.45 bits per heavy atom. The second kappa shape index (κ2) is 10.1. The van der Waals surface area contributed by atoms with E-state index in [1.54, 1.807) is 11.3 Å². The summed E-state index contributed by atoms with van der Waals surface area (Å²) in [5, 5.41) is 1.07. The fraction of sp³-hybridized carbons (Fsp3) is 0.481. The number of carbonyl (C=O) groups is 1. The minimum absolute atomic E-state index is 0.139. The van der Waals surface area contributed by atoms with Gasteiger partial charge in [-0.25, -0.2) is 4.98 Å². The summed E-state index contributed by atoms with van der Waals surface area (Å²) in [5.74, 6) is 1.09. The Bertz CT molecular complexity index is 1080. The van der Waals surface area contributed by atoms with Crippen molar-refractivity contribution in [2.24, 2.45) is 0 Å². The van der Waals surface area contributed by atoms with Crippen molar-refractivity contribution in [1.29, 1.82) is 0 Å². The highest BCUT2D eigenvalue weighted by Gasteiger charge is 2.23. The second-order valence-electron chi connectivity index (χ2n) is 9.75. The van der Waals surface area contributed by atoms with Crippen molar-refractivity contribution in [3.05, 3.63) is 53.6 Å². The summed E-state index contributed by atoms with van der Waals surface area (Å²) in [6.45, 7) is 12.5. The van der Waals surface area contributed by atoms with Crippen LogP contribution in [0.2, 0.25) is 0 Å². The maximum atomic E-state index is 12.7. The van der Waals surface area contributed by atoms with Gasteiger partial charge in [0.05, 0.1) is 16.8 Å². The van der Waals surface area contributed by atoms with E-state index in [4.69, 9.17) is 9.72 Å². The molecule has 3 aromatic rings. The number of anilines is 1. The number of hydrogen-bond acceptors (Lipinski definition) is 5. The van der Waals surface area contributed by atoms with Crippen LogP contribution in [0, 0.1) is 0 Å². The molecule has 0 radical (unpaired) electrons. The Hall–Kier alpha value is -2.60. The van der Waals surface area contributed by atoms with Gasteiger partial charge < -0.3 is 14.5 Å². The van der Waals surface area contributed by atoms with Crippen molar-refractivity contribution < 1.29 is 9.53 Å². The zero-order chi connectivity index (χ0) is 23.4. The first-order chi connectivity index (χ1) is 15.8. The molecule has 0 N–H and O–H groups in total. The molecular weight excluding hydrogens is 430 g/mol. The Morgan fingerprint density at radius 1 is 1.06 bits per heavy atom. The zero-order valence-corrected chi connectivity index (χ0v) is 21.1. The van der Waals surface area contributed by atoms with Gasteiger partial charge in [-0.2, -0.15) is 0 Å². The Morgan fingerprint density at radius 2 is 1.79 bits per heavy atom. The van der Waals surface area contributed by atoms with E-state index in [2.05, 4.69) is 62.9 Å². The summed E-state index contributed by atoms with van der Waals surface area (Å²) in [6, 6.07) is 14.8. The number of carbonyl (C=O) groups excluding carboxylic acids is 1. The van der Waals surface area contributed by atoms with Crippen molar-refractivity contribution in [3.63, 3.8) is 0 Å². The lowest BCUT2D eigenvalue weighted by Gasteiger charge is -2.34. The van der Waals surface area contributed by atoms with Crippen molar-refractivity contribution in [2.75, 3.05) is 37.7 Å². The van der Waals surface area contributed by atoms with E-state index in [1.165, 1.54) is 15.8 Å². The fourth-order valence-corrected chi connectivity index (χ4v) is 5.16. The fourth-order valence-electron chi connectivity index (χ4n) is 4.08. The van der Waals surface area contributed by atoms with E-state index in [0.29, 0.717) is 13.0 Å². The summed E-state index contributed by atoms with van der Waals surface area (Å²) < 4.78 is 7.09. The predicted molar refractivity (Wildman–Crippen MR) is 138 cm³/mol. The Balaban J connectivity index is 1.20. The number of fused-ring (bicyclic) bond motifs is 1. The molecule has 1 saturated heterocycles. The molecule has 33 heavy (non-hydrogen) atoms. The van der Waals surface area contributed by atoms with E-state index in [9.17, 15) is 4.79 Å². The molecule has 6 heteroatoms. The molecule has 2 heterocycles. The Kier molecular flexibility index (Phi) is 7.23. The summed E-state index contributed by atoms with van der Waals surface area (Å²) in [6.07, 6.45) is 2.30. The lowest BCUT2D eigenvalue weighted by atomic mass is 9.87. The van der Waals surface area contributed by atoms with Crippen LogP contribution in [0.5, 0.6) is 5.75 Å². The van der Waals surface area contributed by atoms with Crippen LogP contribution in [0.15, 0.2) is 42.5 Å². The van der Waals surface area contributed by atoms with Gasteiger partial charge in [-0.15, -0.1) is 0 Å². The van der Waals surface area contributed by atoms with Crippen molar-refractivity contribution in [3.8, 4) is 5.75 Å². The van der Waals surface area contributed by atoms with Crippen LogP contribution in [-0.4, -0.2) is 48.6 Å². The minimum atomic E-state index is 0.139. The summed E-state index contributed by atoms with van der Waals surface area (Å²) in [4.78, 5) is 21.8. The molecule has 4 rings (SSSR count). The molecule has 5 nitrogen and oxygen atoms in total. The van der Waals surface area contributed by atoms with Gasteiger partial charge in [0.15, 0.2) is 5.13 Å². The van der Waals surface area contributed by atoms with Crippen LogP contribution in [0.4, 0.5) is 5.13 Å². The quantitative estimate of drug-likeness (QED) is 0.422. The van der Waals surface area contributed by atoms with Crippen LogP contribution < -0.4 is 9.64 Å². The molecule has 1 aromatic heterocycles. The molecule has 1 fully saturated rings. The van der Waals surface area contributed by atoms with Crippen LogP contribution in [0.1, 0.15) is 51.7 Å². The first-order valence-corrected chi connectivity index (χ1v) is 12.8. The molecule has 0 aliphatic carbocycles. The number of piperazine rings is 1. The molecule has 1 aliphatic rings. The largest absolute Gasteiger partial charge is 0.494 e. The van der Waals surface area contributed by atoms with E-state index >= 15 is 0 Å². The second-order valence-corrected chi connectivity index (χ2v) is 10.8. The van der Waals surface area contributed by atoms with E-state index in [-0.39, 0.29) is 11.3 Å². The average Bonchev–Trinajstić information content (AvgIpc) is 3.25. The highest BCUT2D eigenvalue weighted by atomic mass is 32.1. The first-order valence-electron chi connectivity index (χ1n) is 12.0. The average molecular weight is 466 g/mol. The van der Waals surface area contributed by atoms with E-state index in [1.807, 2.05) is 17.0 Å². The highest BCUT2D eigenvalue weighted by molar-refractivity contribution is 7.22. The topological polar surface area (TPSA) is 45.7 Å².